The second-order valence-electron chi connectivity index (χ2n) is 7.63. The Labute approximate surface area is 198 Å². The molecule has 0 bridgehead atoms. The van der Waals surface area contributed by atoms with Crippen LogP contribution in [-0.2, 0) is 13.9 Å². The van der Waals surface area contributed by atoms with Crippen LogP contribution in [-0.4, -0.2) is 22.5 Å². The molecule has 2 aromatic carbocycles. The fourth-order valence-electron chi connectivity index (χ4n) is 3.93. The summed E-state index contributed by atoms with van der Waals surface area (Å²) in [7, 11) is 0. The van der Waals surface area contributed by atoms with Crippen LogP contribution in [0.5, 0.6) is 0 Å². The van der Waals surface area contributed by atoms with Gasteiger partial charge in [0.15, 0.2) is 0 Å². The van der Waals surface area contributed by atoms with Gasteiger partial charge in [-0.15, -0.1) is 17.9 Å². The number of cyclic esters (lactones) is 1. The first-order chi connectivity index (χ1) is 14.9. The first kappa shape index (κ1) is 22.0. The number of thiazole rings is 1. The van der Waals surface area contributed by atoms with E-state index in [-0.39, 0.29) is 5.82 Å². The van der Waals surface area contributed by atoms with Crippen molar-refractivity contribution in [3.8, 4) is 10.6 Å². The highest BCUT2D eigenvalue weighted by atomic mass is 127. The molecule has 0 radical (unpaired) electrons. The summed E-state index contributed by atoms with van der Waals surface area (Å²) >= 11 is 3.89. The maximum atomic E-state index is 13.4. The fraction of sp³-hybridized carbons (Fsp3) is 0.250. The van der Waals surface area contributed by atoms with Crippen molar-refractivity contribution < 1.29 is 13.9 Å². The van der Waals surface area contributed by atoms with Crippen molar-refractivity contribution >= 4 is 40.0 Å². The Hall–Kier alpha value is -2.26. The van der Waals surface area contributed by atoms with Crippen LogP contribution in [0.1, 0.15) is 30.9 Å². The van der Waals surface area contributed by atoms with Crippen molar-refractivity contribution in [1.29, 1.82) is 0 Å². The molecular weight excluding hydrogens is 526 g/mol. The van der Waals surface area contributed by atoms with Crippen LogP contribution in [0.4, 0.5) is 9.18 Å². The van der Waals surface area contributed by atoms with Crippen molar-refractivity contribution in [2.45, 2.75) is 28.9 Å². The van der Waals surface area contributed by atoms with E-state index in [1.807, 2.05) is 36.6 Å². The first-order valence-corrected chi connectivity index (χ1v) is 11.9. The van der Waals surface area contributed by atoms with Crippen LogP contribution in [0, 0.1) is 5.82 Å². The van der Waals surface area contributed by atoms with Crippen molar-refractivity contribution in [1.82, 2.24) is 9.88 Å². The number of alkyl halides is 1. The molecule has 1 unspecified atom stereocenters. The summed E-state index contributed by atoms with van der Waals surface area (Å²) in [6, 6.07) is 14.3. The quantitative estimate of drug-likeness (QED) is 0.146. The normalized spacial score (nSPS) is 20.7. The molecule has 0 N–H and O–H groups in total. The second kappa shape index (κ2) is 8.70. The molecule has 2 heterocycles. The number of benzene rings is 2. The van der Waals surface area contributed by atoms with E-state index in [1.54, 1.807) is 40.6 Å². The summed E-state index contributed by atoms with van der Waals surface area (Å²) in [6.45, 7) is 6.35. The Balaban J connectivity index is 1.57. The molecule has 0 spiro atoms. The number of ether oxygens (including phenoxy) is 1. The van der Waals surface area contributed by atoms with Gasteiger partial charge < -0.3 is 4.74 Å². The number of rotatable bonds is 6. The largest absolute Gasteiger partial charge is 0.437 e. The predicted octanol–water partition coefficient (Wildman–Crippen LogP) is 6.87. The molecule has 4 rings (SSSR count). The summed E-state index contributed by atoms with van der Waals surface area (Å²) in [5.41, 5.74) is 2.01. The molecule has 31 heavy (non-hydrogen) atoms. The van der Waals surface area contributed by atoms with E-state index in [2.05, 4.69) is 34.2 Å². The Kier molecular flexibility index (Phi) is 6.16. The van der Waals surface area contributed by atoms with Gasteiger partial charge in [-0.2, -0.15) is 0 Å². The molecule has 1 saturated heterocycles. The molecule has 1 aliphatic heterocycles. The Morgan fingerprint density at radius 2 is 2.00 bits per heavy atom. The molecule has 3 aromatic rings. The Bertz CT molecular complexity index is 1070. The van der Waals surface area contributed by atoms with Gasteiger partial charge in [-0.25, -0.2) is 14.2 Å². The highest BCUT2D eigenvalue weighted by Crippen LogP contribution is 2.44. The third-order valence-corrected chi connectivity index (χ3v) is 7.71. The molecule has 1 amide bonds. The summed E-state index contributed by atoms with van der Waals surface area (Å²) in [6.07, 6.45) is 4.20. The van der Waals surface area contributed by atoms with Crippen molar-refractivity contribution in [2.24, 2.45) is 0 Å². The second-order valence-corrected chi connectivity index (χ2v) is 10.6. The van der Waals surface area contributed by atoms with Crippen LogP contribution >= 0.6 is 33.9 Å². The molecule has 1 aromatic heterocycles. The first-order valence-electron chi connectivity index (χ1n) is 9.93. The van der Waals surface area contributed by atoms with E-state index in [1.165, 1.54) is 12.1 Å². The van der Waals surface area contributed by atoms with Gasteiger partial charge in [0, 0.05) is 36.5 Å². The minimum atomic E-state index is -0.829. The van der Waals surface area contributed by atoms with Gasteiger partial charge in [0.25, 0.3) is 0 Å². The lowest BCUT2D eigenvalue weighted by molar-refractivity contribution is -0.0608. The Morgan fingerprint density at radius 1 is 1.29 bits per heavy atom. The number of amides is 1. The minimum absolute atomic E-state index is 0.317. The molecule has 160 valence electrons. The predicted molar refractivity (Wildman–Crippen MR) is 130 cm³/mol. The topological polar surface area (TPSA) is 42.4 Å². The van der Waals surface area contributed by atoms with Crippen molar-refractivity contribution in [3.63, 3.8) is 0 Å². The lowest BCUT2D eigenvalue weighted by atomic mass is 9.85. The summed E-state index contributed by atoms with van der Waals surface area (Å²) < 4.78 is 18.9. The average Bonchev–Trinajstić information content (AvgIpc) is 3.29. The maximum absolute atomic E-state index is 13.4. The average molecular weight is 548 g/mol. The molecule has 4 nitrogen and oxygen atoms in total. The molecular formula is C24H22FIN2O2S. The van der Waals surface area contributed by atoms with E-state index >= 15 is 0 Å². The molecule has 1 aliphatic rings. The number of carbonyl (C=O) groups is 1. The molecule has 2 atom stereocenters. The number of hydrogen-bond donors (Lipinski definition) is 0. The zero-order valence-corrected chi connectivity index (χ0v) is 20.0. The van der Waals surface area contributed by atoms with Crippen LogP contribution in [0.3, 0.4) is 0 Å². The third-order valence-electron chi connectivity index (χ3n) is 5.68. The van der Waals surface area contributed by atoms with E-state index in [4.69, 9.17) is 4.74 Å². The summed E-state index contributed by atoms with van der Waals surface area (Å²) in [4.78, 5) is 19.3. The Morgan fingerprint density at radius 3 is 2.58 bits per heavy atom. The minimum Gasteiger partial charge on any atom is -0.437 e. The van der Waals surface area contributed by atoms with E-state index in [9.17, 15) is 9.18 Å². The van der Waals surface area contributed by atoms with Crippen LogP contribution in [0.25, 0.3) is 10.6 Å². The van der Waals surface area contributed by atoms with Gasteiger partial charge in [0.05, 0.1) is 0 Å². The maximum Gasteiger partial charge on any atom is 0.412 e. The van der Waals surface area contributed by atoms with Gasteiger partial charge >= 0.3 is 6.09 Å². The van der Waals surface area contributed by atoms with Gasteiger partial charge in [-0.3, -0.25) is 4.90 Å². The molecule has 1 fully saturated rings. The van der Waals surface area contributed by atoms with Gasteiger partial charge in [-0.05, 0) is 52.8 Å². The lowest BCUT2D eigenvalue weighted by Crippen LogP contribution is -2.53. The summed E-state index contributed by atoms with van der Waals surface area (Å²) in [5, 5.41) is 2.92. The third kappa shape index (κ3) is 4.25. The van der Waals surface area contributed by atoms with Crippen molar-refractivity contribution in [2.75, 3.05) is 6.54 Å². The van der Waals surface area contributed by atoms with Gasteiger partial charge in [0.1, 0.15) is 20.0 Å². The van der Waals surface area contributed by atoms with E-state index < -0.39 is 15.2 Å². The van der Waals surface area contributed by atoms with E-state index in [0.29, 0.717) is 19.4 Å². The highest BCUT2D eigenvalue weighted by molar-refractivity contribution is 14.1. The molecule has 0 aliphatic carbocycles. The molecule has 7 heteroatoms. The van der Waals surface area contributed by atoms with Crippen LogP contribution in [0.2, 0.25) is 0 Å². The number of hydrogen-bond acceptors (Lipinski definition) is 4. The number of halogens is 2. The number of carbonyl (C=O) groups excluding carboxylic acids is 1. The summed E-state index contributed by atoms with van der Waals surface area (Å²) in [5.74, 6) is -0.317. The van der Waals surface area contributed by atoms with Gasteiger partial charge in [-0.1, -0.05) is 42.5 Å². The SMILES string of the molecule is C=CCC1(c2ccc(F)cc2)CCN([C@@](C)(I)c2ccc(-c3nccs3)cc2)C(=O)O1. The number of nitrogens with zero attached hydrogens (tertiary/aromatic N) is 2. The monoisotopic (exact) mass is 548 g/mol. The van der Waals surface area contributed by atoms with Gasteiger partial charge in [0.2, 0.25) is 0 Å². The lowest BCUT2D eigenvalue weighted by Gasteiger charge is -2.46. The fourth-order valence-corrected chi connectivity index (χ4v) is 5.37. The van der Waals surface area contributed by atoms with E-state index in [0.717, 1.165) is 21.7 Å². The highest BCUT2D eigenvalue weighted by Gasteiger charge is 2.46. The zero-order valence-electron chi connectivity index (χ0n) is 17.1. The standard InChI is InChI=1S/C24H22FIN2O2S/c1-3-12-24(19-8-10-20(25)11-9-19)13-15-28(22(29)30-24)23(2,26)18-6-4-17(5-7-18)21-27-14-16-31-21/h3-11,14,16H,1,12-13,15H2,2H3/t23-,24?/m1/s1. The smallest absolute Gasteiger partial charge is 0.412 e. The van der Waals surface area contributed by atoms with Crippen LogP contribution in [0.15, 0.2) is 72.8 Å². The van der Waals surface area contributed by atoms with Crippen molar-refractivity contribution in [3.05, 3.63) is 89.7 Å². The zero-order chi connectivity index (χ0) is 22.1. The van der Waals surface area contributed by atoms with Crippen LogP contribution < -0.4 is 0 Å². The number of aromatic nitrogens is 1. The molecule has 0 saturated carbocycles.